The number of hydrogen-bond acceptors (Lipinski definition) is 3. The van der Waals surface area contributed by atoms with Crippen LogP contribution >= 0.6 is 0 Å². The van der Waals surface area contributed by atoms with Crippen LogP contribution in [0.5, 0.6) is 0 Å². The lowest BCUT2D eigenvalue weighted by Gasteiger charge is -2.12. The third kappa shape index (κ3) is 10.3. The molecule has 20 heavy (non-hydrogen) atoms. The number of hydrogen-bond donors (Lipinski definition) is 3. The van der Waals surface area contributed by atoms with Crippen LogP contribution in [0.4, 0.5) is 0 Å². The lowest BCUT2D eigenvalue weighted by Crippen LogP contribution is -2.43. The summed E-state index contributed by atoms with van der Waals surface area (Å²) >= 11 is 0. The molecule has 0 saturated heterocycles. The number of rotatable bonds is 12. The highest BCUT2D eigenvalue weighted by atomic mass is 16.4. The van der Waals surface area contributed by atoms with Crippen molar-refractivity contribution in [2.24, 2.45) is 5.73 Å². The van der Waals surface area contributed by atoms with E-state index in [9.17, 15) is 14.4 Å². The predicted octanol–water partition coefficient (Wildman–Crippen LogP) is 1.57. The Hall–Kier alpha value is -1.59. The summed E-state index contributed by atoms with van der Waals surface area (Å²) in [6.45, 7) is 2.16. The van der Waals surface area contributed by atoms with E-state index >= 15 is 0 Å². The minimum atomic E-state index is -1.24. The Labute approximate surface area is 120 Å². The number of primary amides is 1. The Kier molecular flexibility index (Phi) is 10.4. The SMILES string of the molecule is CCCCCCCCCC(=O)N[C@H](CC(N)=O)C(=O)O. The van der Waals surface area contributed by atoms with Crippen LogP contribution in [0.15, 0.2) is 0 Å². The topological polar surface area (TPSA) is 109 Å². The maximum absolute atomic E-state index is 11.5. The summed E-state index contributed by atoms with van der Waals surface area (Å²) in [6.07, 6.45) is 7.56. The fraction of sp³-hybridized carbons (Fsp3) is 0.786. The Morgan fingerprint density at radius 3 is 2.10 bits per heavy atom. The van der Waals surface area contributed by atoms with Crippen LogP contribution in [0.2, 0.25) is 0 Å². The Morgan fingerprint density at radius 2 is 1.60 bits per heavy atom. The highest BCUT2D eigenvalue weighted by Crippen LogP contribution is 2.08. The highest BCUT2D eigenvalue weighted by Gasteiger charge is 2.21. The number of nitrogens with two attached hydrogens (primary N) is 1. The first-order valence-corrected chi connectivity index (χ1v) is 7.27. The minimum Gasteiger partial charge on any atom is -0.480 e. The Balaban J connectivity index is 3.75. The molecule has 4 N–H and O–H groups in total. The van der Waals surface area contributed by atoms with Gasteiger partial charge in [-0.3, -0.25) is 9.59 Å². The number of carboxylic acids is 1. The first-order valence-electron chi connectivity index (χ1n) is 7.27. The van der Waals surface area contributed by atoms with E-state index in [-0.39, 0.29) is 18.7 Å². The van der Waals surface area contributed by atoms with Gasteiger partial charge in [-0.05, 0) is 6.42 Å². The van der Waals surface area contributed by atoms with E-state index in [4.69, 9.17) is 10.8 Å². The molecule has 1 atom stereocenters. The first-order chi connectivity index (χ1) is 9.47. The number of unbranched alkanes of at least 4 members (excludes halogenated alkanes) is 6. The average Bonchev–Trinajstić information content (AvgIpc) is 2.36. The number of carbonyl (C=O) groups is 3. The van der Waals surface area contributed by atoms with Gasteiger partial charge in [0.15, 0.2) is 0 Å². The lowest BCUT2D eigenvalue weighted by atomic mass is 10.1. The maximum Gasteiger partial charge on any atom is 0.326 e. The van der Waals surface area contributed by atoms with Crippen molar-refractivity contribution in [3.05, 3.63) is 0 Å². The van der Waals surface area contributed by atoms with Crippen LogP contribution in [-0.4, -0.2) is 28.9 Å². The molecule has 0 rings (SSSR count). The predicted molar refractivity (Wildman–Crippen MR) is 76.0 cm³/mol. The van der Waals surface area contributed by atoms with Crippen molar-refractivity contribution < 1.29 is 19.5 Å². The van der Waals surface area contributed by atoms with E-state index < -0.39 is 17.9 Å². The van der Waals surface area contributed by atoms with Crippen molar-refractivity contribution in [2.75, 3.05) is 0 Å². The smallest absolute Gasteiger partial charge is 0.326 e. The van der Waals surface area contributed by atoms with Gasteiger partial charge >= 0.3 is 5.97 Å². The van der Waals surface area contributed by atoms with E-state index in [2.05, 4.69) is 12.2 Å². The Bertz CT molecular complexity index is 318. The normalized spacial score (nSPS) is 11.8. The van der Waals surface area contributed by atoms with E-state index in [1.54, 1.807) is 0 Å². The molecular weight excluding hydrogens is 260 g/mol. The summed E-state index contributed by atoms with van der Waals surface area (Å²) in [5.74, 6) is -2.32. The quantitative estimate of drug-likeness (QED) is 0.473. The molecule has 0 aromatic heterocycles. The molecule has 116 valence electrons. The van der Waals surface area contributed by atoms with E-state index in [1.807, 2.05) is 0 Å². The fourth-order valence-corrected chi connectivity index (χ4v) is 1.91. The summed E-state index contributed by atoms with van der Waals surface area (Å²) in [6, 6.07) is -1.22. The van der Waals surface area contributed by atoms with Crippen molar-refractivity contribution >= 4 is 17.8 Å². The molecule has 0 bridgehead atoms. The van der Waals surface area contributed by atoms with Gasteiger partial charge in [0.2, 0.25) is 11.8 Å². The molecule has 0 radical (unpaired) electrons. The van der Waals surface area contributed by atoms with Crippen LogP contribution in [0.25, 0.3) is 0 Å². The molecule has 6 heteroatoms. The molecule has 0 spiro atoms. The van der Waals surface area contributed by atoms with Gasteiger partial charge in [-0.25, -0.2) is 4.79 Å². The second-order valence-electron chi connectivity index (χ2n) is 5.00. The second-order valence-corrected chi connectivity index (χ2v) is 5.00. The monoisotopic (exact) mass is 286 g/mol. The second kappa shape index (κ2) is 11.3. The third-order valence-electron chi connectivity index (χ3n) is 3.05. The van der Waals surface area contributed by atoms with Crippen molar-refractivity contribution in [1.29, 1.82) is 0 Å². The van der Waals surface area contributed by atoms with Crippen molar-refractivity contribution in [2.45, 2.75) is 70.8 Å². The van der Waals surface area contributed by atoms with Gasteiger partial charge in [-0.1, -0.05) is 45.4 Å². The standard InChI is InChI=1S/C14H26N2O4/c1-2-3-4-5-6-7-8-9-13(18)16-11(14(19)20)10-12(15)17/h11H,2-10H2,1H3,(H2,15,17)(H,16,18)(H,19,20)/t11-/m1/s1. The largest absolute Gasteiger partial charge is 0.480 e. The number of amides is 2. The number of aliphatic carboxylic acids is 1. The van der Waals surface area contributed by atoms with Crippen LogP contribution < -0.4 is 11.1 Å². The summed E-state index contributed by atoms with van der Waals surface area (Å²) in [5, 5.41) is 11.2. The van der Waals surface area contributed by atoms with Crippen LogP contribution in [-0.2, 0) is 14.4 Å². The van der Waals surface area contributed by atoms with Gasteiger partial charge in [-0.2, -0.15) is 0 Å². The lowest BCUT2D eigenvalue weighted by molar-refractivity contribution is -0.143. The molecule has 0 unspecified atom stereocenters. The van der Waals surface area contributed by atoms with E-state index in [0.29, 0.717) is 0 Å². The summed E-state index contributed by atoms with van der Waals surface area (Å²) in [5.41, 5.74) is 4.93. The number of carbonyl (C=O) groups excluding carboxylic acids is 2. The Morgan fingerprint density at radius 1 is 1.05 bits per heavy atom. The first kappa shape index (κ1) is 18.4. The zero-order valence-corrected chi connectivity index (χ0v) is 12.2. The summed E-state index contributed by atoms with van der Waals surface area (Å²) in [4.78, 5) is 33.1. The van der Waals surface area contributed by atoms with Gasteiger partial charge < -0.3 is 16.2 Å². The average molecular weight is 286 g/mol. The molecular formula is C14H26N2O4. The van der Waals surface area contributed by atoms with Crippen molar-refractivity contribution in [1.82, 2.24) is 5.32 Å². The van der Waals surface area contributed by atoms with Crippen molar-refractivity contribution in [3.8, 4) is 0 Å². The zero-order valence-electron chi connectivity index (χ0n) is 12.2. The number of carboxylic acid groups (broad SMARTS) is 1. The molecule has 0 aliphatic heterocycles. The number of nitrogens with one attached hydrogen (secondary N) is 1. The van der Waals surface area contributed by atoms with Gasteiger partial charge in [0, 0.05) is 6.42 Å². The van der Waals surface area contributed by atoms with E-state index in [1.165, 1.54) is 25.7 Å². The molecule has 0 heterocycles. The molecule has 0 aromatic carbocycles. The molecule has 0 saturated carbocycles. The third-order valence-corrected chi connectivity index (χ3v) is 3.05. The molecule has 2 amide bonds. The maximum atomic E-state index is 11.5. The van der Waals surface area contributed by atoms with Gasteiger partial charge in [0.25, 0.3) is 0 Å². The van der Waals surface area contributed by atoms with Crippen LogP contribution in [0.1, 0.15) is 64.7 Å². The van der Waals surface area contributed by atoms with Gasteiger partial charge in [0.05, 0.1) is 6.42 Å². The zero-order chi connectivity index (χ0) is 15.4. The highest BCUT2D eigenvalue weighted by molar-refractivity contribution is 5.88. The van der Waals surface area contributed by atoms with Gasteiger partial charge in [-0.15, -0.1) is 0 Å². The van der Waals surface area contributed by atoms with Crippen LogP contribution in [0, 0.1) is 0 Å². The molecule has 0 fully saturated rings. The summed E-state index contributed by atoms with van der Waals surface area (Å²) < 4.78 is 0. The molecule has 0 aromatic rings. The van der Waals surface area contributed by atoms with Gasteiger partial charge in [0.1, 0.15) is 6.04 Å². The van der Waals surface area contributed by atoms with E-state index in [0.717, 1.165) is 19.3 Å². The molecule has 0 aliphatic carbocycles. The van der Waals surface area contributed by atoms with Crippen molar-refractivity contribution in [3.63, 3.8) is 0 Å². The molecule has 6 nitrogen and oxygen atoms in total. The molecule has 0 aliphatic rings. The fourth-order valence-electron chi connectivity index (χ4n) is 1.91. The minimum absolute atomic E-state index is 0.288. The van der Waals surface area contributed by atoms with Crippen LogP contribution in [0.3, 0.4) is 0 Å². The summed E-state index contributed by atoms with van der Waals surface area (Å²) in [7, 11) is 0.